The summed E-state index contributed by atoms with van der Waals surface area (Å²) in [6, 6.07) is 0. The maximum atomic E-state index is 3.21. The second kappa shape index (κ2) is 3.07. The van der Waals surface area contributed by atoms with E-state index in [1.165, 1.54) is 6.42 Å². The number of rotatable bonds is 0. The summed E-state index contributed by atoms with van der Waals surface area (Å²) in [5.74, 6) is 2.33. The summed E-state index contributed by atoms with van der Waals surface area (Å²) < 4.78 is 0. The highest BCUT2D eigenvalue weighted by molar-refractivity contribution is 4.95. The molecule has 0 nitrogen and oxygen atoms in total. The van der Waals surface area contributed by atoms with Crippen LogP contribution < -0.4 is 0 Å². The first kappa shape index (κ1) is 7.63. The van der Waals surface area contributed by atoms with Gasteiger partial charge in [-0.15, -0.1) is 5.73 Å². The Balaban J connectivity index is 2.68. The van der Waals surface area contributed by atoms with Gasteiger partial charge in [0.15, 0.2) is 0 Å². The van der Waals surface area contributed by atoms with Crippen LogP contribution in [0.25, 0.3) is 0 Å². The predicted octanol–water partition coefficient (Wildman–Crippen LogP) is 3.01. The lowest BCUT2D eigenvalue weighted by molar-refractivity contribution is 0.326. The molecule has 0 heteroatoms. The zero-order chi connectivity index (χ0) is 7.56. The van der Waals surface area contributed by atoms with E-state index in [1.807, 2.05) is 0 Å². The average Bonchev–Trinajstić information content (AvgIpc) is 2.04. The molecule has 0 saturated carbocycles. The molecule has 0 aromatic carbocycles. The van der Waals surface area contributed by atoms with Gasteiger partial charge in [0.1, 0.15) is 0 Å². The fourth-order valence-corrected chi connectivity index (χ4v) is 1.36. The summed E-state index contributed by atoms with van der Waals surface area (Å²) in [7, 11) is 0. The van der Waals surface area contributed by atoms with Gasteiger partial charge in [-0.05, 0) is 36.3 Å². The van der Waals surface area contributed by atoms with Crippen molar-refractivity contribution < 1.29 is 0 Å². The van der Waals surface area contributed by atoms with Gasteiger partial charge in [-0.1, -0.05) is 20.8 Å². The van der Waals surface area contributed by atoms with Crippen LogP contribution in [0, 0.1) is 17.8 Å². The molecule has 0 aromatic rings. The lowest BCUT2D eigenvalue weighted by atomic mass is 9.85. The van der Waals surface area contributed by atoms with Crippen LogP contribution in [0.2, 0.25) is 0 Å². The molecule has 0 fully saturated rings. The van der Waals surface area contributed by atoms with E-state index < -0.39 is 0 Å². The van der Waals surface area contributed by atoms with E-state index in [1.54, 1.807) is 0 Å². The molecule has 0 N–H and O–H groups in total. The Labute approximate surface area is 63.6 Å². The fraction of sp³-hybridized carbons (Fsp3) is 0.700. The van der Waals surface area contributed by atoms with E-state index in [-0.39, 0.29) is 0 Å². The van der Waals surface area contributed by atoms with Crippen LogP contribution in [-0.2, 0) is 0 Å². The minimum Gasteiger partial charge on any atom is -0.129 e. The molecular formula is C10H16. The molecule has 1 aliphatic rings. The quantitative estimate of drug-likeness (QED) is 0.449. The summed E-state index contributed by atoms with van der Waals surface area (Å²) in [6.07, 6.45) is 5.54. The van der Waals surface area contributed by atoms with Crippen molar-refractivity contribution in [3.05, 3.63) is 17.9 Å². The van der Waals surface area contributed by atoms with Crippen LogP contribution in [0.5, 0.6) is 0 Å². The molecule has 0 amide bonds. The van der Waals surface area contributed by atoms with Crippen LogP contribution in [-0.4, -0.2) is 0 Å². The number of hydrogen-bond acceptors (Lipinski definition) is 0. The topological polar surface area (TPSA) is 0 Å². The number of hydrogen-bond donors (Lipinski definition) is 0. The lowest BCUT2D eigenvalue weighted by Gasteiger charge is -2.20. The minimum absolute atomic E-state index is 0.703. The monoisotopic (exact) mass is 136 g/mol. The van der Waals surface area contributed by atoms with Gasteiger partial charge in [0.2, 0.25) is 0 Å². The second-order valence-electron chi connectivity index (χ2n) is 3.47. The van der Waals surface area contributed by atoms with E-state index in [4.69, 9.17) is 0 Å². The van der Waals surface area contributed by atoms with Crippen LogP contribution in [0.1, 0.15) is 27.2 Å². The molecule has 1 rings (SSSR count). The van der Waals surface area contributed by atoms with E-state index >= 15 is 0 Å². The van der Waals surface area contributed by atoms with Crippen molar-refractivity contribution in [2.45, 2.75) is 27.2 Å². The van der Waals surface area contributed by atoms with Crippen molar-refractivity contribution in [3.63, 3.8) is 0 Å². The maximum Gasteiger partial charge on any atom is -0.0158 e. The molecule has 0 aromatic heterocycles. The molecule has 3 atom stereocenters. The molecule has 0 radical (unpaired) electrons. The standard InChI is InChI=1S/C10H16/c1-8-6-4-5-7-9(2)10(8)3/h4,7-10H,6H2,1-3H3. The third-order valence-corrected chi connectivity index (χ3v) is 2.69. The van der Waals surface area contributed by atoms with Crippen LogP contribution in [0.4, 0.5) is 0 Å². The molecule has 1 aliphatic carbocycles. The minimum atomic E-state index is 0.703. The van der Waals surface area contributed by atoms with Gasteiger partial charge < -0.3 is 0 Å². The Kier molecular flexibility index (Phi) is 2.34. The van der Waals surface area contributed by atoms with Gasteiger partial charge in [0.05, 0.1) is 0 Å². The molecule has 0 saturated heterocycles. The van der Waals surface area contributed by atoms with Gasteiger partial charge in [-0.2, -0.15) is 0 Å². The normalized spacial score (nSPS) is 39.7. The molecule has 56 valence electrons. The zero-order valence-electron chi connectivity index (χ0n) is 7.09. The average molecular weight is 136 g/mol. The first-order valence-corrected chi connectivity index (χ1v) is 4.13. The highest BCUT2D eigenvalue weighted by Crippen LogP contribution is 2.25. The first-order chi connectivity index (χ1) is 4.72. The van der Waals surface area contributed by atoms with Crippen molar-refractivity contribution in [2.24, 2.45) is 17.8 Å². The maximum absolute atomic E-state index is 3.21. The summed E-state index contributed by atoms with van der Waals surface area (Å²) in [6.45, 7) is 6.92. The predicted molar refractivity (Wildman–Crippen MR) is 44.8 cm³/mol. The van der Waals surface area contributed by atoms with Crippen molar-refractivity contribution in [3.8, 4) is 0 Å². The third kappa shape index (κ3) is 1.52. The Bertz CT molecular complexity index is 161. The molecule has 0 spiro atoms. The number of allylic oxidation sites excluding steroid dienone is 1. The van der Waals surface area contributed by atoms with Gasteiger partial charge in [-0.3, -0.25) is 0 Å². The smallest absolute Gasteiger partial charge is 0.0158 e. The van der Waals surface area contributed by atoms with E-state index in [9.17, 15) is 0 Å². The molecule has 0 aliphatic heterocycles. The third-order valence-electron chi connectivity index (χ3n) is 2.69. The molecule has 10 heavy (non-hydrogen) atoms. The van der Waals surface area contributed by atoms with Crippen molar-refractivity contribution in [1.82, 2.24) is 0 Å². The lowest BCUT2D eigenvalue weighted by Crippen LogP contribution is -2.12. The van der Waals surface area contributed by atoms with Gasteiger partial charge in [0, 0.05) is 0 Å². The molecule has 3 unspecified atom stereocenters. The molecular weight excluding hydrogens is 120 g/mol. The highest BCUT2D eigenvalue weighted by Gasteiger charge is 2.17. The SMILES string of the molecule is CC1C=C=CCC(C)C1C. The Morgan fingerprint density at radius 2 is 2.00 bits per heavy atom. The first-order valence-electron chi connectivity index (χ1n) is 4.13. The summed E-state index contributed by atoms with van der Waals surface area (Å²) >= 11 is 0. The summed E-state index contributed by atoms with van der Waals surface area (Å²) in [4.78, 5) is 0. The molecule has 0 heterocycles. The Morgan fingerprint density at radius 1 is 1.30 bits per heavy atom. The summed E-state index contributed by atoms with van der Waals surface area (Å²) in [5.41, 5.74) is 3.21. The zero-order valence-corrected chi connectivity index (χ0v) is 7.09. The van der Waals surface area contributed by atoms with Crippen molar-refractivity contribution in [1.29, 1.82) is 0 Å². The van der Waals surface area contributed by atoms with Gasteiger partial charge in [-0.25, -0.2) is 0 Å². The second-order valence-corrected chi connectivity index (χ2v) is 3.47. The molecule has 0 bridgehead atoms. The van der Waals surface area contributed by atoms with E-state index in [0.717, 1.165) is 11.8 Å². The van der Waals surface area contributed by atoms with Crippen LogP contribution in [0.15, 0.2) is 17.9 Å². The Morgan fingerprint density at radius 3 is 2.70 bits per heavy atom. The van der Waals surface area contributed by atoms with Gasteiger partial charge >= 0.3 is 0 Å². The van der Waals surface area contributed by atoms with Gasteiger partial charge in [0.25, 0.3) is 0 Å². The largest absolute Gasteiger partial charge is 0.129 e. The highest BCUT2D eigenvalue weighted by atomic mass is 14.2. The fourth-order valence-electron chi connectivity index (χ4n) is 1.36. The Hall–Kier alpha value is -0.480. The van der Waals surface area contributed by atoms with Crippen LogP contribution >= 0.6 is 0 Å². The van der Waals surface area contributed by atoms with Crippen molar-refractivity contribution >= 4 is 0 Å². The van der Waals surface area contributed by atoms with Crippen molar-refractivity contribution in [2.75, 3.05) is 0 Å². The van der Waals surface area contributed by atoms with E-state index in [2.05, 4.69) is 38.7 Å². The van der Waals surface area contributed by atoms with E-state index in [0.29, 0.717) is 5.92 Å². The van der Waals surface area contributed by atoms with Crippen LogP contribution in [0.3, 0.4) is 0 Å². The summed E-state index contributed by atoms with van der Waals surface area (Å²) in [5, 5.41) is 0.